The Morgan fingerprint density at radius 2 is 2.19 bits per heavy atom. The molecule has 2 rings (SSSR count). The molecule has 21 heavy (non-hydrogen) atoms. The molecule has 2 aromatic rings. The zero-order chi connectivity index (χ0) is 15.2. The number of aromatic nitrogens is 1. The third-order valence-corrected chi connectivity index (χ3v) is 3.55. The second kappa shape index (κ2) is 7.22. The first-order valence-corrected chi connectivity index (χ1v) is 7.46. The van der Waals surface area contributed by atoms with E-state index in [1.807, 2.05) is 31.2 Å². The molecule has 110 valence electrons. The number of benzene rings is 1. The van der Waals surface area contributed by atoms with Crippen molar-refractivity contribution >= 4 is 21.9 Å². The van der Waals surface area contributed by atoms with Crippen molar-refractivity contribution in [2.45, 2.75) is 19.3 Å². The largest absolute Gasteiger partial charge is 0.492 e. The van der Waals surface area contributed by atoms with E-state index < -0.39 is 11.9 Å². The number of aliphatic carboxylic acids is 1. The van der Waals surface area contributed by atoms with Crippen LogP contribution in [0.2, 0.25) is 0 Å². The second-order valence-electron chi connectivity index (χ2n) is 4.54. The van der Waals surface area contributed by atoms with E-state index in [0.717, 1.165) is 10.0 Å². The van der Waals surface area contributed by atoms with E-state index in [1.54, 1.807) is 18.3 Å². The van der Waals surface area contributed by atoms with Crippen molar-refractivity contribution in [3.05, 3.63) is 58.3 Å². The van der Waals surface area contributed by atoms with Crippen molar-refractivity contribution in [3.63, 3.8) is 0 Å². The number of carboxylic acids is 1. The summed E-state index contributed by atoms with van der Waals surface area (Å²) in [6, 6.07) is 11.1. The lowest BCUT2D eigenvalue weighted by atomic mass is 9.95. The lowest BCUT2D eigenvalue weighted by Gasteiger charge is -2.16. The first kappa shape index (κ1) is 15.5. The Balaban J connectivity index is 2.33. The Bertz CT molecular complexity index is 630. The van der Waals surface area contributed by atoms with Gasteiger partial charge >= 0.3 is 5.97 Å². The van der Waals surface area contributed by atoms with Gasteiger partial charge in [-0.2, -0.15) is 0 Å². The van der Waals surface area contributed by atoms with Crippen LogP contribution in [0.1, 0.15) is 24.1 Å². The summed E-state index contributed by atoms with van der Waals surface area (Å²) in [7, 11) is 0. The highest BCUT2D eigenvalue weighted by atomic mass is 79.9. The van der Waals surface area contributed by atoms with Gasteiger partial charge in [0.05, 0.1) is 12.3 Å². The van der Waals surface area contributed by atoms with Gasteiger partial charge in [0.1, 0.15) is 11.7 Å². The van der Waals surface area contributed by atoms with Crippen molar-refractivity contribution in [3.8, 4) is 5.75 Å². The summed E-state index contributed by atoms with van der Waals surface area (Å²) < 4.78 is 6.42. The maximum absolute atomic E-state index is 11.6. The molecule has 0 spiro atoms. The number of carboxylic acid groups (broad SMARTS) is 1. The smallest absolute Gasteiger partial charge is 0.313 e. The fourth-order valence-electron chi connectivity index (χ4n) is 2.14. The predicted octanol–water partition coefficient (Wildman–Crippen LogP) is 3.65. The molecule has 1 atom stereocenters. The van der Waals surface area contributed by atoms with Crippen molar-refractivity contribution in [2.75, 3.05) is 6.61 Å². The lowest BCUT2D eigenvalue weighted by molar-refractivity contribution is -0.138. The van der Waals surface area contributed by atoms with Crippen molar-refractivity contribution in [1.29, 1.82) is 0 Å². The number of rotatable bonds is 6. The highest BCUT2D eigenvalue weighted by molar-refractivity contribution is 9.10. The van der Waals surface area contributed by atoms with E-state index in [0.29, 0.717) is 24.5 Å². The zero-order valence-corrected chi connectivity index (χ0v) is 13.2. The molecule has 0 aliphatic heterocycles. The van der Waals surface area contributed by atoms with Crippen LogP contribution in [-0.4, -0.2) is 22.7 Å². The normalized spacial score (nSPS) is 11.9. The van der Waals surface area contributed by atoms with Gasteiger partial charge in [-0.1, -0.05) is 28.1 Å². The van der Waals surface area contributed by atoms with Gasteiger partial charge in [0, 0.05) is 10.7 Å². The van der Waals surface area contributed by atoms with E-state index in [1.165, 1.54) is 0 Å². The van der Waals surface area contributed by atoms with Crippen LogP contribution in [0.5, 0.6) is 5.75 Å². The Kier molecular flexibility index (Phi) is 5.33. The molecule has 0 amide bonds. The minimum atomic E-state index is -0.908. The molecule has 0 fully saturated rings. The van der Waals surface area contributed by atoms with Crippen LogP contribution in [0, 0.1) is 0 Å². The minimum Gasteiger partial charge on any atom is -0.492 e. The third kappa shape index (κ3) is 4.04. The van der Waals surface area contributed by atoms with Crippen LogP contribution >= 0.6 is 15.9 Å². The number of nitrogens with zero attached hydrogens (tertiary/aromatic N) is 1. The van der Waals surface area contributed by atoms with Crippen molar-refractivity contribution in [2.24, 2.45) is 0 Å². The Labute approximate surface area is 131 Å². The van der Waals surface area contributed by atoms with E-state index in [2.05, 4.69) is 20.9 Å². The van der Waals surface area contributed by atoms with E-state index >= 15 is 0 Å². The Hall–Kier alpha value is -1.88. The fraction of sp³-hybridized carbons (Fsp3) is 0.250. The van der Waals surface area contributed by atoms with Gasteiger partial charge in [-0.05, 0) is 43.2 Å². The molecule has 1 unspecified atom stereocenters. The maximum Gasteiger partial charge on any atom is 0.313 e. The molecule has 0 saturated heterocycles. The second-order valence-corrected chi connectivity index (χ2v) is 5.46. The van der Waals surface area contributed by atoms with Crippen LogP contribution in [0.15, 0.2) is 47.1 Å². The summed E-state index contributed by atoms with van der Waals surface area (Å²) >= 11 is 3.40. The molecule has 1 N–H and O–H groups in total. The summed E-state index contributed by atoms with van der Waals surface area (Å²) in [5.41, 5.74) is 1.40. The van der Waals surface area contributed by atoms with Gasteiger partial charge in [-0.25, -0.2) is 0 Å². The van der Waals surface area contributed by atoms with Crippen molar-refractivity contribution in [1.82, 2.24) is 4.98 Å². The quantitative estimate of drug-likeness (QED) is 0.864. The molecule has 0 bridgehead atoms. The number of hydrogen-bond donors (Lipinski definition) is 1. The summed E-state index contributed by atoms with van der Waals surface area (Å²) in [6.45, 7) is 2.34. The average Bonchev–Trinajstić information content (AvgIpc) is 2.46. The number of ether oxygens (including phenoxy) is 1. The number of carbonyl (C=O) groups is 1. The topological polar surface area (TPSA) is 59.4 Å². The summed E-state index contributed by atoms with van der Waals surface area (Å²) in [5, 5.41) is 9.54. The molecular weight excluding hydrogens is 334 g/mol. The third-order valence-electron chi connectivity index (χ3n) is 3.06. The molecule has 1 aromatic carbocycles. The molecule has 1 heterocycles. The first-order chi connectivity index (χ1) is 10.1. The molecule has 0 aliphatic rings. The van der Waals surface area contributed by atoms with Crippen LogP contribution in [0.25, 0.3) is 0 Å². The van der Waals surface area contributed by atoms with E-state index in [9.17, 15) is 9.90 Å². The molecule has 0 aliphatic carbocycles. The highest BCUT2D eigenvalue weighted by Gasteiger charge is 2.25. The Morgan fingerprint density at radius 1 is 1.38 bits per heavy atom. The monoisotopic (exact) mass is 349 g/mol. The minimum absolute atomic E-state index is 0.367. The van der Waals surface area contributed by atoms with Crippen LogP contribution in [0.3, 0.4) is 0 Å². The van der Waals surface area contributed by atoms with Gasteiger partial charge in [-0.3, -0.25) is 9.78 Å². The first-order valence-electron chi connectivity index (χ1n) is 6.66. The molecule has 0 saturated carbocycles. The zero-order valence-electron chi connectivity index (χ0n) is 11.6. The summed E-state index contributed by atoms with van der Waals surface area (Å²) in [6.07, 6.45) is 1.96. The van der Waals surface area contributed by atoms with Gasteiger partial charge in [0.2, 0.25) is 0 Å². The summed E-state index contributed by atoms with van der Waals surface area (Å²) in [4.78, 5) is 15.9. The number of halogens is 1. The van der Waals surface area contributed by atoms with Gasteiger partial charge < -0.3 is 9.84 Å². The van der Waals surface area contributed by atoms with Crippen LogP contribution in [0.4, 0.5) is 0 Å². The van der Waals surface area contributed by atoms with Gasteiger partial charge in [-0.15, -0.1) is 0 Å². The predicted molar refractivity (Wildman–Crippen MR) is 83.6 cm³/mol. The van der Waals surface area contributed by atoms with Crippen molar-refractivity contribution < 1.29 is 14.6 Å². The summed E-state index contributed by atoms with van der Waals surface area (Å²) in [5.74, 6) is -1.11. The SMILES string of the molecule is CCOc1cccnc1C(Cc1cccc(Br)c1)C(=O)O. The van der Waals surface area contributed by atoms with E-state index in [4.69, 9.17) is 4.74 Å². The molecule has 4 nitrogen and oxygen atoms in total. The average molecular weight is 350 g/mol. The fourth-order valence-corrected chi connectivity index (χ4v) is 2.59. The maximum atomic E-state index is 11.6. The van der Waals surface area contributed by atoms with E-state index in [-0.39, 0.29) is 0 Å². The van der Waals surface area contributed by atoms with Gasteiger partial charge in [0.15, 0.2) is 0 Å². The molecule has 0 radical (unpaired) electrons. The molecule has 5 heteroatoms. The number of hydrogen-bond acceptors (Lipinski definition) is 3. The Morgan fingerprint density at radius 3 is 2.86 bits per heavy atom. The van der Waals surface area contributed by atoms with Crippen LogP contribution < -0.4 is 4.74 Å². The molecule has 1 aromatic heterocycles. The number of pyridine rings is 1. The molecular formula is C16H16BrNO3. The lowest BCUT2D eigenvalue weighted by Crippen LogP contribution is -2.17. The highest BCUT2D eigenvalue weighted by Crippen LogP contribution is 2.28. The van der Waals surface area contributed by atoms with Crippen LogP contribution in [-0.2, 0) is 11.2 Å². The standard InChI is InChI=1S/C16H16BrNO3/c1-2-21-14-7-4-8-18-15(14)13(16(19)20)10-11-5-3-6-12(17)9-11/h3-9,13H,2,10H2,1H3,(H,19,20). The van der Waals surface area contributed by atoms with Gasteiger partial charge in [0.25, 0.3) is 0 Å².